The number of nitrogens with zero attached hydrogens (tertiary/aromatic N) is 2. The zero-order chi connectivity index (χ0) is 11.5. The van der Waals surface area contributed by atoms with Crippen LogP contribution in [-0.4, -0.2) is 16.4 Å². The van der Waals surface area contributed by atoms with E-state index in [-0.39, 0.29) is 0 Å². The lowest BCUT2D eigenvalue weighted by molar-refractivity contribution is 0.315. The summed E-state index contributed by atoms with van der Waals surface area (Å²) in [4.78, 5) is 0. The van der Waals surface area contributed by atoms with Crippen molar-refractivity contribution in [2.75, 3.05) is 11.1 Å². The van der Waals surface area contributed by atoms with Crippen LogP contribution in [0.3, 0.4) is 0 Å². The van der Waals surface area contributed by atoms with Crippen LogP contribution in [-0.2, 0) is 0 Å². The van der Waals surface area contributed by atoms with Crippen LogP contribution in [0.1, 0.15) is 26.7 Å². The summed E-state index contributed by atoms with van der Waals surface area (Å²) >= 11 is 0. The predicted molar refractivity (Wildman–Crippen MR) is 64.2 cm³/mol. The molecule has 3 N–H and O–H groups in total. The van der Waals surface area contributed by atoms with E-state index in [9.17, 15) is 0 Å². The van der Waals surface area contributed by atoms with Crippen LogP contribution in [0.15, 0.2) is 16.8 Å². The largest absolute Gasteiger partial charge is 0.397 e. The first-order valence-corrected chi connectivity index (χ1v) is 5.53. The van der Waals surface area contributed by atoms with Gasteiger partial charge >= 0.3 is 0 Å². The summed E-state index contributed by atoms with van der Waals surface area (Å²) in [6.45, 7) is 4.30. The van der Waals surface area contributed by atoms with E-state index in [0.29, 0.717) is 22.8 Å². The van der Waals surface area contributed by atoms with Gasteiger partial charge in [-0.25, -0.2) is 4.63 Å². The number of hydrogen-bond donors (Lipinski definition) is 2. The van der Waals surface area contributed by atoms with E-state index in [4.69, 9.17) is 10.4 Å². The van der Waals surface area contributed by atoms with Gasteiger partial charge in [-0.2, -0.15) is 0 Å². The number of hydrogen-bond acceptors (Lipinski definition) is 5. The lowest BCUT2D eigenvalue weighted by Gasteiger charge is -2.16. The molecule has 5 nitrogen and oxygen atoms in total. The summed E-state index contributed by atoms with van der Waals surface area (Å²) in [6.07, 6.45) is 2.13. The minimum Gasteiger partial charge on any atom is -0.397 e. The highest BCUT2D eigenvalue weighted by atomic mass is 16.6. The monoisotopic (exact) mass is 220 g/mol. The molecule has 86 valence electrons. The zero-order valence-electron chi connectivity index (χ0n) is 9.53. The number of rotatable bonds is 4. The molecule has 0 saturated carbocycles. The molecule has 5 heteroatoms. The van der Waals surface area contributed by atoms with Crippen LogP contribution < -0.4 is 11.1 Å². The summed E-state index contributed by atoms with van der Waals surface area (Å²) < 4.78 is 4.72. The summed E-state index contributed by atoms with van der Waals surface area (Å²) in [5, 5.41) is 11.1. The van der Waals surface area contributed by atoms with Crippen molar-refractivity contribution in [3.8, 4) is 0 Å². The number of aromatic nitrogens is 2. The summed E-state index contributed by atoms with van der Waals surface area (Å²) in [6, 6.07) is 4.17. The van der Waals surface area contributed by atoms with E-state index in [1.807, 2.05) is 12.1 Å². The van der Waals surface area contributed by atoms with Crippen molar-refractivity contribution in [2.45, 2.75) is 32.7 Å². The van der Waals surface area contributed by atoms with E-state index in [1.54, 1.807) is 0 Å². The number of fused-ring (bicyclic) bond motifs is 1. The van der Waals surface area contributed by atoms with Crippen molar-refractivity contribution >= 4 is 22.4 Å². The van der Waals surface area contributed by atoms with Crippen LogP contribution >= 0.6 is 0 Å². The Morgan fingerprint density at radius 1 is 1.25 bits per heavy atom. The Bertz CT molecular complexity index is 476. The average molecular weight is 220 g/mol. The topological polar surface area (TPSA) is 77.0 Å². The number of nitrogens with two attached hydrogens (primary N) is 1. The number of anilines is 2. The van der Waals surface area contributed by atoms with Gasteiger partial charge < -0.3 is 11.1 Å². The molecule has 1 heterocycles. The molecule has 0 aliphatic carbocycles. The molecule has 0 spiro atoms. The molecule has 0 radical (unpaired) electrons. The highest BCUT2D eigenvalue weighted by Gasteiger charge is 2.12. The molecule has 2 rings (SSSR count). The third-order valence-corrected chi connectivity index (χ3v) is 2.79. The number of benzene rings is 1. The molecule has 0 unspecified atom stereocenters. The Hall–Kier alpha value is -1.78. The van der Waals surface area contributed by atoms with Gasteiger partial charge in [0.15, 0.2) is 11.0 Å². The molecule has 2 aromatic rings. The quantitative estimate of drug-likeness (QED) is 0.774. The van der Waals surface area contributed by atoms with Crippen molar-refractivity contribution in [1.29, 1.82) is 0 Å². The van der Waals surface area contributed by atoms with Crippen LogP contribution in [0.25, 0.3) is 11.0 Å². The predicted octanol–water partition coefficient (Wildman–Crippen LogP) is 2.41. The first kappa shape index (κ1) is 10.7. The standard InChI is InChI=1S/C11H16N4O/c1-3-7(4-2)13-9-6-5-8(12)10-11(9)15-16-14-10/h5-7,13H,3-4,12H2,1-2H3. The maximum atomic E-state index is 5.78. The van der Waals surface area contributed by atoms with Crippen molar-refractivity contribution < 1.29 is 4.63 Å². The Morgan fingerprint density at radius 3 is 2.62 bits per heavy atom. The molecule has 0 aliphatic heterocycles. The van der Waals surface area contributed by atoms with E-state index in [0.717, 1.165) is 18.5 Å². The van der Waals surface area contributed by atoms with Gasteiger partial charge in [-0.15, -0.1) is 0 Å². The molecule has 1 aromatic heterocycles. The van der Waals surface area contributed by atoms with Crippen molar-refractivity contribution in [3.05, 3.63) is 12.1 Å². The van der Waals surface area contributed by atoms with Crippen LogP contribution in [0.5, 0.6) is 0 Å². The molecule has 0 saturated heterocycles. The zero-order valence-corrected chi connectivity index (χ0v) is 9.53. The highest BCUT2D eigenvalue weighted by Crippen LogP contribution is 2.26. The maximum Gasteiger partial charge on any atom is 0.160 e. The molecule has 0 aliphatic rings. The first-order valence-electron chi connectivity index (χ1n) is 5.53. The minimum absolute atomic E-state index is 0.434. The molecule has 0 bridgehead atoms. The lowest BCUT2D eigenvalue weighted by atomic mass is 10.1. The van der Waals surface area contributed by atoms with E-state index < -0.39 is 0 Å². The van der Waals surface area contributed by atoms with Gasteiger partial charge in [-0.05, 0) is 35.3 Å². The molecule has 0 fully saturated rings. The summed E-state index contributed by atoms with van der Waals surface area (Å²) in [7, 11) is 0. The maximum absolute atomic E-state index is 5.78. The molecule has 0 atom stereocenters. The third kappa shape index (κ3) is 1.80. The number of nitrogen functional groups attached to an aromatic ring is 1. The highest BCUT2D eigenvalue weighted by molar-refractivity contribution is 5.95. The van der Waals surface area contributed by atoms with Crippen molar-refractivity contribution in [1.82, 2.24) is 10.3 Å². The SMILES string of the molecule is CCC(CC)Nc1ccc(N)c2nonc12. The van der Waals surface area contributed by atoms with Gasteiger partial charge in [0.2, 0.25) is 0 Å². The fraction of sp³-hybridized carbons (Fsp3) is 0.455. The van der Waals surface area contributed by atoms with Crippen LogP contribution in [0.2, 0.25) is 0 Å². The second-order valence-electron chi connectivity index (χ2n) is 3.82. The van der Waals surface area contributed by atoms with Gasteiger partial charge in [0.05, 0.1) is 11.4 Å². The third-order valence-electron chi connectivity index (χ3n) is 2.79. The normalized spacial score (nSPS) is 11.2. The Labute approximate surface area is 94.0 Å². The fourth-order valence-corrected chi connectivity index (χ4v) is 1.71. The van der Waals surface area contributed by atoms with E-state index >= 15 is 0 Å². The van der Waals surface area contributed by atoms with E-state index in [1.165, 1.54) is 0 Å². The van der Waals surface area contributed by atoms with Gasteiger partial charge in [0, 0.05) is 6.04 Å². The average Bonchev–Trinajstić information content (AvgIpc) is 2.78. The fourth-order valence-electron chi connectivity index (χ4n) is 1.71. The van der Waals surface area contributed by atoms with Gasteiger partial charge in [-0.1, -0.05) is 13.8 Å². The van der Waals surface area contributed by atoms with Gasteiger partial charge in [0.25, 0.3) is 0 Å². The van der Waals surface area contributed by atoms with Crippen LogP contribution in [0, 0.1) is 0 Å². The molecule has 1 aromatic carbocycles. The molecular formula is C11H16N4O. The molecule has 0 amide bonds. The second kappa shape index (κ2) is 4.38. The van der Waals surface area contributed by atoms with E-state index in [2.05, 4.69) is 29.5 Å². The Kier molecular flexibility index (Phi) is 2.94. The molecular weight excluding hydrogens is 204 g/mol. The van der Waals surface area contributed by atoms with Crippen molar-refractivity contribution in [2.24, 2.45) is 0 Å². The smallest absolute Gasteiger partial charge is 0.160 e. The Morgan fingerprint density at radius 2 is 1.94 bits per heavy atom. The molecule has 16 heavy (non-hydrogen) atoms. The summed E-state index contributed by atoms with van der Waals surface area (Å²) in [5.41, 5.74) is 8.62. The minimum atomic E-state index is 0.434. The van der Waals surface area contributed by atoms with Gasteiger partial charge in [-0.3, -0.25) is 0 Å². The van der Waals surface area contributed by atoms with Crippen molar-refractivity contribution in [3.63, 3.8) is 0 Å². The van der Waals surface area contributed by atoms with Crippen LogP contribution in [0.4, 0.5) is 11.4 Å². The second-order valence-corrected chi connectivity index (χ2v) is 3.82. The Balaban J connectivity index is 2.37. The lowest BCUT2D eigenvalue weighted by Crippen LogP contribution is -2.17. The number of nitrogens with one attached hydrogen (secondary N) is 1. The first-order chi connectivity index (χ1) is 7.76. The summed E-state index contributed by atoms with van der Waals surface area (Å²) in [5.74, 6) is 0. The van der Waals surface area contributed by atoms with Gasteiger partial charge in [0.1, 0.15) is 0 Å².